The van der Waals surface area contributed by atoms with E-state index in [0.717, 1.165) is 11.1 Å². The molecule has 0 bridgehead atoms. The van der Waals surface area contributed by atoms with Crippen LogP contribution in [0.15, 0.2) is 53.4 Å². The molecule has 0 aliphatic carbocycles. The quantitative estimate of drug-likeness (QED) is 0.799. The highest BCUT2D eigenvalue weighted by atomic mass is 32.2. The second-order valence-corrected chi connectivity index (χ2v) is 7.61. The normalized spacial score (nSPS) is 12.8. The summed E-state index contributed by atoms with van der Waals surface area (Å²) in [5, 5.41) is 0. The molecule has 0 saturated carbocycles. The molecule has 134 valence electrons. The molecule has 2 aromatic carbocycles. The maximum absolute atomic E-state index is 13.0. The van der Waals surface area contributed by atoms with Crippen molar-refractivity contribution in [3.8, 4) is 11.1 Å². The maximum Gasteiger partial charge on any atom is 0.324 e. The fourth-order valence-electron chi connectivity index (χ4n) is 2.29. The van der Waals surface area contributed by atoms with Gasteiger partial charge in [-0.1, -0.05) is 38.1 Å². The van der Waals surface area contributed by atoms with Crippen molar-refractivity contribution in [2.75, 3.05) is 7.11 Å². The minimum atomic E-state index is -3.88. The number of hydrogen-bond donors (Lipinski definition) is 1. The maximum atomic E-state index is 13.0. The van der Waals surface area contributed by atoms with Gasteiger partial charge in [-0.3, -0.25) is 4.79 Å². The number of esters is 1. The van der Waals surface area contributed by atoms with Gasteiger partial charge in [-0.25, -0.2) is 12.8 Å². The molecule has 0 heterocycles. The Labute approximate surface area is 146 Å². The van der Waals surface area contributed by atoms with Crippen molar-refractivity contribution in [2.45, 2.75) is 24.8 Å². The van der Waals surface area contributed by atoms with Crippen molar-refractivity contribution in [3.63, 3.8) is 0 Å². The van der Waals surface area contributed by atoms with E-state index in [0.29, 0.717) is 0 Å². The number of methoxy groups -OCH3 is 1. The largest absolute Gasteiger partial charge is 0.468 e. The molecule has 1 atom stereocenters. The third-order valence-corrected chi connectivity index (χ3v) is 5.20. The van der Waals surface area contributed by atoms with Crippen molar-refractivity contribution in [1.29, 1.82) is 0 Å². The Bertz CT molecular complexity index is 830. The van der Waals surface area contributed by atoms with Gasteiger partial charge in [-0.2, -0.15) is 4.72 Å². The molecule has 2 rings (SSSR count). The topological polar surface area (TPSA) is 72.5 Å². The molecule has 25 heavy (non-hydrogen) atoms. The van der Waals surface area contributed by atoms with Crippen molar-refractivity contribution in [2.24, 2.45) is 5.92 Å². The molecule has 2 aromatic rings. The molecule has 0 spiro atoms. The molecule has 0 aliphatic heterocycles. The van der Waals surface area contributed by atoms with Crippen molar-refractivity contribution in [1.82, 2.24) is 4.72 Å². The Morgan fingerprint density at radius 1 is 1.00 bits per heavy atom. The summed E-state index contributed by atoms with van der Waals surface area (Å²) in [6.45, 7) is 3.45. The summed E-state index contributed by atoms with van der Waals surface area (Å²) >= 11 is 0. The molecule has 0 aromatic heterocycles. The highest BCUT2D eigenvalue weighted by molar-refractivity contribution is 7.89. The minimum Gasteiger partial charge on any atom is -0.468 e. The number of rotatable bonds is 6. The zero-order chi connectivity index (χ0) is 18.6. The average Bonchev–Trinajstić information content (AvgIpc) is 2.59. The number of benzene rings is 2. The smallest absolute Gasteiger partial charge is 0.324 e. The van der Waals surface area contributed by atoms with Gasteiger partial charge in [0.05, 0.1) is 12.0 Å². The van der Waals surface area contributed by atoms with Gasteiger partial charge >= 0.3 is 5.97 Å². The number of hydrogen-bond acceptors (Lipinski definition) is 4. The molecule has 0 fully saturated rings. The summed E-state index contributed by atoms with van der Waals surface area (Å²) in [7, 11) is -2.66. The van der Waals surface area contributed by atoms with Crippen LogP contribution < -0.4 is 4.72 Å². The molecular formula is C18H20FNO4S. The number of nitrogens with one attached hydrogen (secondary N) is 1. The lowest BCUT2D eigenvalue weighted by Gasteiger charge is -2.19. The molecule has 0 radical (unpaired) electrons. The van der Waals surface area contributed by atoms with E-state index < -0.39 is 22.0 Å². The van der Waals surface area contributed by atoms with Crippen molar-refractivity contribution >= 4 is 16.0 Å². The Morgan fingerprint density at radius 2 is 1.48 bits per heavy atom. The average molecular weight is 365 g/mol. The van der Waals surface area contributed by atoms with Crippen LogP contribution in [0.1, 0.15) is 13.8 Å². The molecule has 0 unspecified atom stereocenters. The summed E-state index contributed by atoms with van der Waals surface area (Å²) < 4.78 is 45.0. The standard InChI is InChI=1S/C18H20FNO4S/c1-12(2)17(18(21)24-3)20-25(22,23)16-10-6-14(7-11-16)13-4-8-15(19)9-5-13/h4-12,17,20H,1-3H3/t17-/m0/s1. The lowest BCUT2D eigenvalue weighted by atomic mass is 10.1. The van der Waals surface area contributed by atoms with Crippen LogP contribution in [0, 0.1) is 11.7 Å². The Kier molecular flexibility index (Phi) is 5.92. The minimum absolute atomic E-state index is 0.0351. The summed E-state index contributed by atoms with van der Waals surface area (Å²) in [6, 6.07) is 11.1. The molecular weight excluding hydrogens is 345 g/mol. The van der Waals surface area contributed by atoms with Gasteiger partial charge in [0.1, 0.15) is 11.9 Å². The zero-order valence-corrected chi connectivity index (χ0v) is 15.0. The number of sulfonamides is 1. The van der Waals surface area contributed by atoms with E-state index in [4.69, 9.17) is 0 Å². The molecule has 1 N–H and O–H groups in total. The predicted molar refractivity (Wildman–Crippen MR) is 92.8 cm³/mol. The second kappa shape index (κ2) is 7.76. The van der Waals surface area contributed by atoms with E-state index in [9.17, 15) is 17.6 Å². The molecule has 0 aliphatic rings. The van der Waals surface area contributed by atoms with Crippen molar-refractivity contribution in [3.05, 3.63) is 54.3 Å². The first-order valence-electron chi connectivity index (χ1n) is 7.71. The van der Waals surface area contributed by atoms with Gasteiger partial charge in [0, 0.05) is 0 Å². The van der Waals surface area contributed by atoms with E-state index >= 15 is 0 Å². The van der Waals surface area contributed by atoms with E-state index in [2.05, 4.69) is 9.46 Å². The number of ether oxygens (including phenoxy) is 1. The SMILES string of the molecule is COC(=O)[C@@H](NS(=O)(=O)c1ccc(-c2ccc(F)cc2)cc1)C(C)C. The monoisotopic (exact) mass is 365 g/mol. The number of carbonyl (C=O) groups excluding carboxylic acids is 1. The summed E-state index contributed by atoms with van der Waals surface area (Å²) in [6.07, 6.45) is 0. The zero-order valence-electron chi connectivity index (χ0n) is 14.2. The van der Waals surface area contributed by atoms with E-state index in [1.165, 1.54) is 31.4 Å². The highest BCUT2D eigenvalue weighted by Crippen LogP contribution is 2.22. The van der Waals surface area contributed by atoms with Gasteiger partial charge in [-0.05, 0) is 41.3 Å². The Hall–Kier alpha value is -2.25. The van der Waals surface area contributed by atoms with Crippen LogP contribution in [0.2, 0.25) is 0 Å². The summed E-state index contributed by atoms with van der Waals surface area (Å²) in [4.78, 5) is 11.8. The van der Waals surface area contributed by atoms with Crippen LogP contribution in [0.4, 0.5) is 4.39 Å². The first-order chi connectivity index (χ1) is 11.7. The lowest BCUT2D eigenvalue weighted by Crippen LogP contribution is -2.44. The number of halogens is 1. The molecule has 5 nitrogen and oxygen atoms in total. The van der Waals surface area contributed by atoms with Gasteiger partial charge in [0.15, 0.2) is 0 Å². The van der Waals surface area contributed by atoms with Crippen LogP contribution in [0.5, 0.6) is 0 Å². The first-order valence-corrected chi connectivity index (χ1v) is 9.19. The summed E-state index contributed by atoms with van der Waals surface area (Å²) in [5.74, 6) is -1.24. The van der Waals surface area contributed by atoms with Crippen LogP contribution in [-0.2, 0) is 19.6 Å². The Balaban J connectivity index is 2.25. The third kappa shape index (κ3) is 4.64. The first kappa shape index (κ1) is 19.1. The van der Waals surface area contributed by atoms with Crippen LogP contribution in [0.25, 0.3) is 11.1 Å². The second-order valence-electron chi connectivity index (χ2n) is 5.90. The Morgan fingerprint density at radius 3 is 1.92 bits per heavy atom. The molecule has 7 heteroatoms. The van der Waals surface area contributed by atoms with Crippen LogP contribution >= 0.6 is 0 Å². The van der Waals surface area contributed by atoms with E-state index in [1.54, 1.807) is 38.1 Å². The number of carbonyl (C=O) groups is 1. The predicted octanol–water partition coefficient (Wildman–Crippen LogP) is 2.97. The summed E-state index contributed by atoms with van der Waals surface area (Å²) in [5.41, 5.74) is 1.53. The lowest BCUT2D eigenvalue weighted by molar-refractivity contribution is -0.143. The molecule has 0 amide bonds. The van der Waals surface area contributed by atoms with Gasteiger partial charge in [-0.15, -0.1) is 0 Å². The van der Waals surface area contributed by atoms with Crippen LogP contribution in [0.3, 0.4) is 0 Å². The van der Waals surface area contributed by atoms with Gasteiger partial charge < -0.3 is 4.74 Å². The van der Waals surface area contributed by atoms with Gasteiger partial charge in [0.2, 0.25) is 10.0 Å². The fraction of sp³-hybridized carbons (Fsp3) is 0.278. The van der Waals surface area contributed by atoms with E-state index in [-0.39, 0.29) is 16.6 Å². The fourth-order valence-corrected chi connectivity index (χ4v) is 3.62. The third-order valence-electron chi connectivity index (χ3n) is 3.75. The van der Waals surface area contributed by atoms with E-state index in [1.807, 2.05) is 0 Å². The van der Waals surface area contributed by atoms with Crippen molar-refractivity contribution < 1.29 is 22.3 Å². The molecule has 0 saturated heterocycles. The highest BCUT2D eigenvalue weighted by Gasteiger charge is 2.29. The van der Waals surface area contributed by atoms with Crippen LogP contribution in [-0.4, -0.2) is 27.5 Å². The van der Waals surface area contributed by atoms with Gasteiger partial charge in [0.25, 0.3) is 0 Å².